The maximum absolute atomic E-state index is 15.0. The lowest BCUT2D eigenvalue weighted by Gasteiger charge is -2.34. The minimum Gasteiger partial charge on any atom is -0.507 e. The van der Waals surface area contributed by atoms with E-state index in [1.54, 1.807) is 13.8 Å². The van der Waals surface area contributed by atoms with Crippen LogP contribution in [0.5, 0.6) is 5.75 Å². The van der Waals surface area contributed by atoms with E-state index in [0.29, 0.717) is 0 Å². The van der Waals surface area contributed by atoms with Crippen molar-refractivity contribution in [1.82, 2.24) is 21.3 Å². The first kappa shape index (κ1) is 34.3. The molecule has 240 valence electrons. The van der Waals surface area contributed by atoms with Gasteiger partial charge in [-0.15, -0.1) is 0 Å². The zero-order chi connectivity index (χ0) is 33.0. The van der Waals surface area contributed by atoms with Crippen molar-refractivity contribution in [3.63, 3.8) is 0 Å². The molecule has 1 aliphatic rings. The highest BCUT2D eigenvalue weighted by Crippen LogP contribution is 2.26. The number of nitrogens with one attached hydrogen (secondary N) is 4. The summed E-state index contributed by atoms with van der Waals surface area (Å²) in [6.45, 7) is 7.09. The number of aromatic hydroxyl groups is 1. The van der Waals surface area contributed by atoms with E-state index in [1.165, 1.54) is 38.1 Å². The maximum atomic E-state index is 15.0. The molecule has 10 nitrogen and oxygen atoms in total. The van der Waals surface area contributed by atoms with Gasteiger partial charge in [-0.1, -0.05) is 32.9 Å². The average molecular weight is 625 g/mol. The zero-order valence-corrected chi connectivity index (χ0v) is 24.8. The summed E-state index contributed by atoms with van der Waals surface area (Å²) in [4.78, 5) is 53.1. The summed E-state index contributed by atoms with van der Waals surface area (Å²) in [5.41, 5.74) is -2.03. The van der Waals surface area contributed by atoms with E-state index >= 15 is 4.39 Å². The Morgan fingerprint density at radius 1 is 0.909 bits per heavy atom. The third-order valence-electron chi connectivity index (χ3n) is 7.59. The van der Waals surface area contributed by atoms with E-state index in [2.05, 4.69) is 21.3 Å². The summed E-state index contributed by atoms with van der Waals surface area (Å²) in [7, 11) is 0. The number of carbonyl (C=O) groups is 4. The number of carbonyl (C=O) groups excluding carboxylic acids is 4. The summed E-state index contributed by atoms with van der Waals surface area (Å²) in [6, 6.07) is -0.121. The van der Waals surface area contributed by atoms with Crippen molar-refractivity contribution in [1.29, 1.82) is 0 Å². The van der Waals surface area contributed by atoms with Crippen LogP contribution < -0.4 is 21.3 Å². The molecule has 3 rings (SSSR count). The predicted octanol–water partition coefficient (Wildman–Crippen LogP) is 2.13. The van der Waals surface area contributed by atoms with Gasteiger partial charge in [-0.05, 0) is 38.3 Å². The summed E-state index contributed by atoms with van der Waals surface area (Å²) in [6.07, 6.45) is -2.63. The Balaban J connectivity index is 2.10. The summed E-state index contributed by atoms with van der Waals surface area (Å²) >= 11 is 0. The number of phenols is 1. The molecule has 0 radical (unpaired) electrons. The Morgan fingerprint density at radius 3 is 2.16 bits per heavy atom. The van der Waals surface area contributed by atoms with Crippen molar-refractivity contribution in [2.45, 2.75) is 77.7 Å². The van der Waals surface area contributed by atoms with Crippen molar-refractivity contribution in [2.24, 2.45) is 11.8 Å². The van der Waals surface area contributed by atoms with Crippen molar-refractivity contribution < 1.29 is 47.0 Å². The molecule has 0 saturated carbocycles. The molecule has 6 atom stereocenters. The third kappa shape index (κ3) is 7.47. The predicted molar refractivity (Wildman–Crippen MR) is 150 cm³/mol. The van der Waals surface area contributed by atoms with Gasteiger partial charge >= 0.3 is 0 Å². The molecular formula is C30H36F4N4O6. The van der Waals surface area contributed by atoms with Gasteiger partial charge in [-0.3, -0.25) is 19.2 Å². The molecule has 14 heteroatoms. The number of aliphatic hydroxyl groups excluding tert-OH is 1. The number of hydrogen-bond donors (Lipinski definition) is 6. The van der Waals surface area contributed by atoms with Gasteiger partial charge in [0, 0.05) is 17.5 Å². The van der Waals surface area contributed by atoms with Crippen LogP contribution in [0, 0.1) is 42.0 Å². The van der Waals surface area contributed by atoms with Crippen LogP contribution in [0.15, 0.2) is 24.3 Å². The van der Waals surface area contributed by atoms with Gasteiger partial charge < -0.3 is 31.5 Å². The second kappa shape index (κ2) is 14.1. The molecule has 0 spiro atoms. The van der Waals surface area contributed by atoms with E-state index in [9.17, 15) is 42.6 Å². The number of halogens is 4. The summed E-state index contributed by atoms with van der Waals surface area (Å²) < 4.78 is 58.0. The zero-order valence-electron chi connectivity index (χ0n) is 24.8. The molecule has 44 heavy (non-hydrogen) atoms. The Bertz CT molecular complexity index is 1410. The first-order valence-electron chi connectivity index (χ1n) is 14.0. The van der Waals surface area contributed by atoms with E-state index < -0.39 is 106 Å². The van der Waals surface area contributed by atoms with Crippen molar-refractivity contribution in [3.05, 3.63) is 64.2 Å². The Morgan fingerprint density at radius 2 is 1.55 bits per heavy atom. The molecule has 1 fully saturated rings. The first-order valence-corrected chi connectivity index (χ1v) is 14.0. The number of amides is 4. The van der Waals surface area contributed by atoms with E-state index in [0.717, 1.165) is 6.92 Å². The van der Waals surface area contributed by atoms with Crippen LogP contribution in [0.1, 0.15) is 55.6 Å². The van der Waals surface area contributed by atoms with Crippen LogP contribution >= 0.6 is 0 Å². The number of hydrogen-bond acceptors (Lipinski definition) is 6. The molecular weight excluding hydrogens is 588 g/mol. The summed E-state index contributed by atoms with van der Waals surface area (Å²) in [5, 5.41) is 31.3. The lowest BCUT2D eigenvalue weighted by molar-refractivity contribution is -0.136. The van der Waals surface area contributed by atoms with Gasteiger partial charge in [0.1, 0.15) is 23.7 Å². The molecule has 0 bridgehead atoms. The lowest BCUT2D eigenvalue weighted by atomic mass is 9.90. The second-order valence-electron chi connectivity index (χ2n) is 11.4. The minimum absolute atomic E-state index is 0.0929. The fraction of sp³-hybridized carbons (Fsp3) is 0.467. The lowest BCUT2D eigenvalue weighted by Crippen LogP contribution is -2.64. The molecule has 1 saturated heterocycles. The fourth-order valence-electron chi connectivity index (χ4n) is 4.96. The van der Waals surface area contributed by atoms with E-state index in [4.69, 9.17) is 0 Å². The maximum Gasteiger partial charge on any atom is 0.255 e. The van der Waals surface area contributed by atoms with Crippen LogP contribution in [-0.2, 0) is 20.8 Å². The number of para-hydroxylation sites is 1. The number of aliphatic hydroxyl groups is 1. The number of phenolic OH excluding ortho intramolecular Hbond substituents is 1. The molecule has 0 aliphatic carbocycles. The molecule has 2 aromatic carbocycles. The molecule has 1 aliphatic heterocycles. The van der Waals surface area contributed by atoms with Crippen LogP contribution in [0.2, 0.25) is 0 Å². The minimum atomic E-state index is -1.96. The summed E-state index contributed by atoms with van der Waals surface area (Å²) in [5.74, 6) is -12.4. The van der Waals surface area contributed by atoms with Crippen LogP contribution in [0.3, 0.4) is 0 Å². The van der Waals surface area contributed by atoms with Crippen LogP contribution in [0.25, 0.3) is 0 Å². The van der Waals surface area contributed by atoms with Crippen molar-refractivity contribution in [3.8, 4) is 5.75 Å². The molecule has 4 amide bonds. The average Bonchev–Trinajstić information content (AvgIpc) is 2.97. The van der Waals surface area contributed by atoms with Gasteiger partial charge in [0.25, 0.3) is 5.91 Å². The number of rotatable bonds is 6. The normalized spacial score (nSPS) is 24.9. The monoisotopic (exact) mass is 624 g/mol. The molecule has 6 N–H and O–H groups in total. The quantitative estimate of drug-likeness (QED) is 0.164. The van der Waals surface area contributed by atoms with Gasteiger partial charge in [0.15, 0.2) is 17.5 Å². The van der Waals surface area contributed by atoms with Gasteiger partial charge in [-0.2, -0.15) is 0 Å². The van der Waals surface area contributed by atoms with E-state index in [1.807, 2.05) is 0 Å². The van der Waals surface area contributed by atoms with E-state index in [-0.39, 0.29) is 17.9 Å². The second-order valence-corrected chi connectivity index (χ2v) is 11.4. The topological polar surface area (TPSA) is 157 Å². The number of benzene rings is 2. The Kier molecular flexibility index (Phi) is 11.0. The molecule has 2 unspecified atom stereocenters. The molecule has 1 heterocycles. The highest BCUT2D eigenvalue weighted by molar-refractivity contribution is 6.00. The van der Waals surface area contributed by atoms with Crippen LogP contribution in [0.4, 0.5) is 17.6 Å². The standard InChI is InChI=1S/C30H36F4N4O6/c1-12(2)10-19-29(43)35-15(5)25(38-28(42)16-8-6-7-9-20(16)39)30(44)36-18(26(40)14(4)27(41)37-19)11-17-21(31)13(3)22(32)24(34)23(17)33/h6-9,12,14-15,18-19,25-26,39-40H,10-11H2,1-5H3,(H,35,43)(H,36,44)(H,37,41)(H,38,42)/t14-,15-,18?,19?,25+,26+/m1/s1. The fourth-order valence-corrected chi connectivity index (χ4v) is 4.96. The van der Waals surface area contributed by atoms with Crippen LogP contribution in [-0.4, -0.2) is 64.1 Å². The Hall–Kier alpha value is -4.20. The van der Waals surface area contributed by atoms with Gasteiger partial charge in [0.2, 0.25) is 17.7 Å². The highest BCUT2D eigenvalue weighted by Gasteiger charge is 2.39. The third-order valence-corrected chi connectivity index (χ3v) is 7.59. The van der Waals surface area contributed by atoms with Crippen molar-refractivity contribution in [2.75, 3.05) is 0 Å². The largest absolute Gasteiger partial charge is 0.507 e. The van der Waals surface area contributed by atoms with Gasteiger partial charge in [0.05, 0.1) is 29.7 Å². The highest BCUT2D eigenvalue weighted by atomic mass is 19.2. The smallest absolute Gasteiger partial charge is 0.255 e. The molecule has 2 aromatic rings. The Labute approximate surface area is 251 Å². The molecule has 0 aromatic heterocycles. The SMILES string of the molecule is Cc1c(F)c(F)c(F)c(CC2NC(=O)[C@@H](NC(=O)c3ccccc3O)[C@@H](C)NC(=O)C(CC(C)C)NC(=O)[C@H](C)[C@@H]2O)c1F. The van der Waals surface area contributed by atoms with Crippen molar-refractivity contribution >= 4 is 23.6 Å². The van der Waals surface area contributed by atoms with Gasteiger partial charge in [-0.25, -0.2) is 17.6 Å². The first-order chi connectivity index (χ1) is 20.5.